The molecule has 0 radical (unpaired) electrons. The Morgan fingerprint density at radius 1 is 1.50 bits per heavy atom. The van der Waals surface area contributed by atoms with Crippen molar-refractivity contribution in [1.82, 2.24) is 4.90 Å². The van der Waals surface area contributed by atoms with Gasteiger partial charge in [-0.3, -0.25) is 4.90 Å². The first kappa shape index (κ1) is 10.0. The molecule has 2 nitrogen and oxygen atoms in total. The fraction of sp³-hybridized carbons (Fsp3) is 1.00. The number of hydrogen-bond donors (Lipinski definition) is 1. The summed E-state index contributed by atoms with van der Waals surface area (Å²) in [6, 6.07) is 1.13. The zero-order valence-electron chi connectivity index (χ0n) is 8.59. The van der Waals surface area contributed by atoms with Gasteiger partial charge in [-0.25, -0.2) is 0 Å². The van der Waals surface area contributed by atoms with Gasteiger partial charge in [0.1, 0.15) is 0 Å². The van der Waals surface area contributed by atoms with Crippen molar-refractivity contribution in [3.8, 4) is 0 Å². The topological polar surface area (TPSA) is 29.3 Å². The third-order valence-corrected chi connectivity index (χ3v) is 3.03. The van der Waals surface area contributed by atoms with Crippen LogP contribution in [0.2, 0.25) is 0 Å². The molecule has 1 saturated heterocycles. The smallest absolute Gasteiger partial charge is 0.0206 e. The molecular weight excluding hydrogens is 148 g/mol. The van der Waals surface area contributed by atoms with Crippen LogP contribution in [-0.4, -0.2) is 30.1 Å². The van der Waals surface area contributed by atoms with E-state index in [-0.39, 0.29) is 0 Å². The Hall–Kier alpha value is -0.0800. The van der Waals surface area contributed by atoms with Gasteiger partial charge in [0.15, 0.2) is 0 Å². The van der Waals surface area contributed by atoms with E-state index >= 15 is 0 Å². The summed E-state index contributed by atoms with van der Waals surface area (Å²) in [5.74, 6) is 0.685. The molecule has 1 aliphatic heterocycles. The van der Waals surface area contributed by atoms with Gasteiger partial charge in [0.05, 0.1) is 0 Å². The maximum absolute atomic E-state index is 5.96. The molecule has 0 spiro atoms. The fourth-order valence-electron chi connectivity index (χ4n) is 1.99. The van der Waals surface area contributed by atoms with Gasteiger partial charge in [-0.2, -0.15) is 0 Å². The van der Waals surface area contributed by atoms with Gasteiger partial charge in [-0.05, 0) is 19.3 Å². The van der Waals surface area contributed by atoms with E-state index in [9.17, 15) is 0 Å². The van der Waals surface area contributed by atoms with Crippen LogP contribution in [0.25, 0.3) is 0 Å². The van der Waals surface area contributed by atoms with Crippen LogP contribution in [0.4, 0.5) is 0 Å². The summed E-state index contributed by atoms with van der Waals surface area (Å²) < 4.78 is 0. The summed E-state index contributed by atoms with van der Waals surface area (Å²) in [5, 5.41) is 0. The van der Waals surface area contributed by atoms with Crippen molar-refractivity contribution in [3.05, 3.63) is 0 Å². The molecule has 2 N–H and O–H groups in total. The van der Waals surface area contributed by atoms with E-state index in [0.717, 1.165) is 12.6 Å². The van der Waals surface area contributed by atoms with Gasteiger partial charge in [-0.15, -0.1) is 0 Å². The molecule has 1 heterocycles. The van der Waals surface area contributed by atoms with E-state index in [2.05, 4.69) is 25.7 Å². The molecule has 3 atom stereocenters. The van der Waals surface area contributed by atoms with E-state index in [1.807, 2.05) is 0 Å². The van der Waals surface area contributed by atoms with E-state index in [4.69, 9.17) is 5.73 Å². The number of nitrogens with zero attached hydrogens (tertiary/aromatic N) is 1. The fourth-order valence-corrected chi connectivity index (χ4v) is 1.99. The summed E-state index contributed by atoms with van der Waals surface area (Å²) in [7, 11) is 0. The molecule has 0 bridgehead atoms. The predicted octanol–water partition coefficient (Wildman–Crippen LogP) is 1.45. The van der Waals surface area contributed by atoms with Gasteiger partial charge in [-0.1, -0.05) is 20.3 Å². The van der Waals surface area contributed by atoms with Gasteiger partial charge in [0.2, 0.25) is 0 Å². The van der Waals surface area contributed by atoms with Crippen molar-refractivity contribution < 1.29 is 0 Å². The van der Waals surface area contributed by atoms with Crippen LogP contribution in [-0.2, 0) is 0 Å². The van der Waals surface area contributed by atoms with Gasteiger partial charge >= 0.3 is 0 Å². The van der Waals surface area contributed by atoms with Crippen LogP contribution in [0.3, 0.4) is 0 Å². The van der Waals surface area contributed by atoms with Crippen molar-refractivity contribution in [2.45, 2.75) is 45.7 Å². The monoisotopic (exact) mass is 170 g/mol. The maximum Gasteiger partial charge on any atom is 0.0206 e. The Labute approximate surface area is 76.1 Å². The first-order chi connectivity index (χ1) is 5.65. The second-order valence-corrected chi connectivity index (χ2v) is 4.23. The van der Waals surface area contributed by atoms with Crippen molar-refractivity contribution in [3.63, 3.8) is 0 Å². The summed E-state index contributed by atoms with van der Waals surface area (Å²) in [4.78, 5) is 2.53. The minimum atomic E-state index is 0.407. The largest absolute Gasteiger partial charge is 0.326 e. The first-order valence-corrected chi connectivity index (χ1v) is 5.14. The molecule has 0 aromatic heterocycles. The Bertz CT molecular complexity index is 126. The number of hydrogen-bond acceptors (Lipinski definition) is 2. The molecule has 2 heteroatoms. The van der Waals surface area contributed by atoms with Crippen LogP contribution in [0.15, 0.2) is 0 Å². The zero-order chi connectivity index (χ0) is 9.14. The molecule has 12 heavy (non-hydrogen) atoms. The van der Waals surface area contributed by atoms with Crippen LogP contribution in [0.1, 0.15) is 33.6 Å². The molecule has 1 rings (SSSR count). The number of likely N-dealkylation sites (tertiary alicyclic amines) is 1. The SMILES string of the molecule is CCCC(C)N1CC(C)C(N)C1. The Morgan fingerprint density at radius 2 is 2.17 bits per heavy atom. The quantitative estimate of drug-likeness (QED) is 0.694. The number of nitrogens with two attached hydrogens (primary N) is 1. The van der Waals surface area contributed by atoms with Gasteiger partial charge in [0.25, 0.3) is 0 Å². The van der Waals surface area contributed by atoms with Crippen molar-refractivity contribution in [1.29, 1.82) is 0 Å². The molecule has 72 valence electrons. The lowest BCUT2D eigenvalue weighted by atomic mass is 10.1. The van der Waals surface area contributed by atoms with E-state index in [1.54, 1.807) is 0 Å². The first-order valence-electron chi connectivity index (χ1n) is 5.14. The molecular formula is C10H22N2. The molecule has 0 amide bonds. The molecule has 0 aliphatic carbocycles. The summed E-state index contributed by atoms with van der Waals surface area (Å²) in [6.45, 7) is 9.11. The van der Waals surface area contributed by atoms with Crippen molar-refractivity contribution in [2.75, 3.05) is 13.1 Å². The third-order valence-electron chi connectivity index (χ3n) is 3.03. The Kier molecular flexibility index (Phi) is 3.53. The minimum absolute atomic E-state index is 0.407. The molecule has 0 aromatic carbocycles. The van der Waals surface area contributed by atoms with Crippen molar-refractivity contribution >= 4 is 0 Å². The van der Waals surface area contributed by atoms with Crippen molar-refractivity contribution in [2.24, 2.45) is 11.7 Å². The van der Waals surface area contributed by atoms with Gasteiger partial charge < -0.3 is 5.73 Å². The highest BCUT2D eigenvalue weighted by Gasteiger charge is 2.28. The Balaban J connectivity index is 2.35. The van der Waals surface area contributed by atoms with Crippen LogP contribution in [0.5, 0.6) is 0 Å². The van der Waals surface area contributed by atoms with Crippen LogP contribution in [0, 0.1) is 5.92 Å². The third kappa shape index (κ3) is 2.20. The van der Waals surface area contributed by atoms with E-state index in [1.165, 1.54) is 19.4 Å². The Morgan fingerprint density at radius 3 is 2.58 bits per heavy atom. The second kappa shape index (κ2) is 4.24. The molecule has 1 fully saturated rings. The number of rotatable bonds is 3. The molecule has 3 unspecified atom stereocenters. The lowest BCUT2D eigenvalue weighted by molar-refractivity contribution is 0.237. The summed E-state index contributed by atoms with van der Waals surface area (Å²) >= 11 is 0. The minimum Gasteiger partial charge on any atom is -0.326 e. The summed E-state index contributed by atoms with van der Waals surface area (Å²) in [6.07, 6.45) is 2.58. The highest BCUT2D eigenvalue weighted by atomic mass is 15.2. The average molecular weight is 170 g/mol. The maximum atomic E-state index is 5.96. The van der Waals surface area contributed by atoms with E-state index in [0.29, 0.717) is 12.0 Å². The molecule has 1 aliphatic rings. The highest BCUT2D eigenvalue weighted by Crippen LogP contribution is 2.18. The van der Waals surface area contributed by atoms with Crippen LogP contribution < -0.4 is 5.73 Å². The van der Waals surface area contributed by atoms with E-state index < -0.39 is 0 Å². The second-order valence-electron chi connectivity index (χ2n) is 4.23. The van der Waals surface area contributed by atoms with Crippen LogP contribution >= 0.6 is 0 Å². The lowest BCUT2D eigenvalue weighted by Crippen LogP contribution is -2.33. The van der Waals surface area contributed by atoms with Gasteiger partial charge in [0, 0.05) is 25.2 Å². The molecule has 0 saturated carbocycles. The average Bonchev–Trinajstić information content (AvgIpc) is 2.33. The normalized spacial score (nSPS) is 34.0. The molecule has 0 aromatic rings. The standard InChI is InChI=1S/C10H22N2/c1-4-5-9(3)12-6-8(2)10(11)7-12/h8-10H,4-7,11H2,1-3H3. The predicted molar refractivity (Wildman–Crippen MR) is 53.1 cm³/mol. The lowest BCUT2D eigenvalue weighted by Gasteiger charge is -2.23. The zero-order valence-corrected chi connectivity index (χ0v) is 8.59. The summed E-state index contributed by atoms with van der Waals surface area (Å²) in [5.41, 5.74) is 5.96. The highest BCUT2D eigenvalue weighted by molar-refractivity contribution is 4.86.